The van der Waals surface area contributed by atoms with Gasteiger partial charge in [-0.15, -0.1) is 0 Å². The molecule has 0 aliphatic heterocycles. The number of nitrogens with zero attached hydrogens (tertiary/aromatic N) is 1. The molecule has 0 spiro atoms. The van der Waals surface area contributed by atoms with Crippen molar-refractivity contribution in [2.45, 2.75) is 0 Å². The highest BCUT2D eigenvalue weighted by molar-refractivity contribution is 9.10. The van der Waals surface area contributed by atoms with Crippen molar-refractivity contribution < 1.29 is 14.8 Å². The van der Waals surface area contributed by atoms with Crippen molar-refractivity contribution in [1.82, 2.24) is 4.98 Å². The molecule has 1 heterocycles. The van der Waals surface area contributed by atoms with E-state index in [0.29, 0.717) is 4.60 Å². The molecule has 0 fully saturated rings. The van der Waals surface area contributed by atoms with Crippen LogP contribution < -0.4 is 10.2 Å². The fourth-order valence-electron chi connectivity index (χ4n) is 0.789. The molecule has 0 atom stereocenters. The molecule has 0 saturated heterocycles. The predicted octanol–water partition coefficient (Wildman–Crippen LogP) is -0.468. The monoisotopic (exact) mass is 231 g/mol. The summed E-state index contributed by atoms with van der Waals surface area (Å²) in [6.45, 7) is 0. The number of rotatable bonds is 2. The smallest absolute Gasteiger partial charge is 0.481 e. The van der Waals surface area contributed by atoms with E-state index in [1.54, 1.807) is 6.07 Å². The van der Waals surface area contributed by atoms with E-state index >= 15 is 0 Å². The van der Waals surface area contributed by atoms with Crippen LogP contribution in [0.1, 0.15) is 0 Å². The molecule has 1 rings (SSSR count). The lowest BCUT2D eigenvalue weighted by Crippen LogP contribution is -2.31. The highest BCUT2D eigenvalue weighted by Crippen LogP contribution is 2.09. The third kappa shape index (κ3) is 1.97. The average molecular weight is 232 g/mol. The van der Waals surface area contributed by atoms with Crippen molar-refractivity contribution in [1.29, 1.82) is 0 Å². The first kappa shape index (κ1) is 9.50. The fraction of sp³-hybridized carbons (Fsp3) is 0.167. The summed E-state index contributed by atoms with van der Waals surface area (Å²) in [5.74, 6) is 0.208. The largest absolute Gasteiger partial charge is 0.494 e. The van der Waals surface area contributed by atoms with E-state index in [-0.39, 0.29) is 11.3 Å². The van der Waals surface area contributed by atoms with Crippen LogP contribution in [-0.4, -0.2) is 29.3 Å². The van der Waals surface area contributed by atoms with Crippen molar-refractivity contribution >= 4 is 28.5 Å². The van der Waals surface area contributed by atoms with E-state index in [2.05, 4.69) is 20.9 Å². The van der Waals surface area contributed by atoms with Crippen molar-refractivity contribution in [2.24, 2.45) is 0 Å². The summed E-state index contributed by atoms with van der Waals surface area (Å²) >= 11 is 3.13. The van der Waals surface area contributed by atoms with Crippen LogP contribution in [0.2, 0.25) is 0 Å². The predicted molar refractivity (Wildman–Crippen MR) is 48.3 cm³/mol. The van der Waals surface area contributed by atoms with Gasteiger partial charge in [-0.25, -0.2) is 4.98 Å². The van der Waals surface area contributed by atoms with Crippen LogP contribution in [0.5, 0.6) is 5.88 Å². The molecule has 0 aliphatic rings. The van der Waals surface area contributed by atoms with Crippen molar-refractivity contribution in [2.75, 3.05) is 7.11 Å². The zero-order valence-electron chi connectivity index (χ0n) is 6.36. The zero-order chi connectivity index (χ0) is 9.14. The maximum atomic E-state index is 8.85. The molecule has 0 bridgehead atoms. The van der Waals surface area contributed by atoms with E-state index in [0.717, 1.165) is 0 Å². The van der Waals surface area contributed by atoms with Gasteiger partial charge in [-0.05, 0) is 22.0 Å². The Kier molecular flexibility index (Phi) is 3.08. The van der Waals surface area contributed by atoms with Crippen LogP contribution in [0.3, 0.4) is 0 Å². The standard InChI is InChI=1S/C6H7BBrNO3/c1-12-6-4(7(10)11)2-3-5(8)9-6/h2-3,10-11H,1H3. The van der Waals surface area contributed by atoms with Gasteiger partial charge in [0.1, 0.15) is 4.60 Å². The zero-order valence-corrected chi connectivity index (χ0v) is 7.95. The highest BCUT2D eigenvalue weighted by Gasteiger charge is 2.17. The van der Waals surface area contributed by atoms with Gasteiger partial charge >= 0.3 is 7.12 Å². The van der Waals surface area contributed by atoms with E-state index < -0.39 is 7.12 Å². The number of methoxy groups -OCH3 is 1. The summed E-state index contributed by atoms with van der Waals surface area (Å²) in [7, 11) is -0.138. The molecule has 2 N–H and O–H groups in total. The van der Waals surface area contributed by atoms with Gasteiger partial charge in [0, 0.05) is 5.46 Å². The lowest BCUT2D eigenvalue weighted by molar-refractivity contribution is 0.390. The Bertz CT molecular complexity index is 281. The Morgan fingerprint density at radius 3 is 2.67 bits per heavy atom. The quantitative estimate of drug-likeness (QED) is 0.534. The second-order valence-corrected chi connectivity index (χ2v) is 2.92. The van der Waals surface area contributed by atoms with Gasteiger partial charge in [0.15, 0.2) is 0 Å². The molecule has 0 amide bonds. The van der Waals surface area contributed by atoms with E-state index in [9.17, 15) is 0 Å². The molecule has 4 nitrogen and oxygen atoms in total. The maximum absolute atomic E-state index is 8.85. The number of hydrogen-bond donors (Lipinski definition) is 2. The number of aromatic nitrogens is 1. The van der Waals surface area contributed by atoms with Gasteiger partial charge in [0.25, 0.3) is 0 Å². The number of hydrogen-bond acceptors (Lipinski definition) is 4. The van der Waals surface area contributed by atoms with Gasteiger partial charge in [0.2, 0.25) is 5.88 Å². The van der Waals surface area contributed by atoms with E-state index in [4.69, 9.17) is 14.8 Å². The van der Waals surface area contributed by atoms with Gasteiger partial charge in [-0.1, -0.05) is 6.07 Å². The van der Waals surface area contributed by atoms with Gasteiger partial charge < -0.3 is 14.8 Å². The minimum atomic E-state index is -1.56. The van der Waals surface area contributed by atoms with Crippen LogP contribution in [0.4, 0.5) is 0 Å². The Labute approximate surface area is 78.5 Å². The van der Waals surface area contributed by atoms with Crippen LogP contribution in [0.25, 0.3) is 0 Å². The fourth-order valence-corrected chi connectivity index (χ4v) is 1.08. The van der Waals surface area contributed by atoms with Crippen LogP contribution >= 0.6 is 15.9 Å². The summed E-state index contributed by atoms with van der Waals surface area (Å²) in [6.07, 6.45) is 0. The number of pyridine rings is 1. The first-order valence-electron chi connectivity index (χ1n) is 3.21. The molecule has 1 aromatic heterocycles. The van der Waals surface area contributed by atoms with E-state index in [1.807, 2.05) is 0 Å². The molecule has 0 aromatic carbocycles. The van der Waals surface area contributed by atoms with E-state index in [1.165, 1.54) is 13.2 Å². The summed E-state index contributed by atoms with van der Waals surface area (Å²) in [4.78, 5) is 3.89. The third-order valence-corrected chi connectivity index (χ3v) is 1.77. The Balaban J connectivity index is 3.11. The summed E-state index contributed by atoms with van der Waals surface area (Å²) in [5.41, 5.74) is 0.251. The molecule has 1 aromatic rings. The number of ether oxygens (including phenoxy) is 1. The molecular formula is C6H7BBrNO3. The average Bonchev–Trinajstić information content (AvgIpc) is 2.03. The molecule has 0 saturated carbocycles. The summed E-state index contributed by atoms with van der Waals surface area (Å²) < 4.78 is 5.41. The normalized spacial score (nSPS) is 9.67. The second kappa shape index (κ2) is 3.89. The van der Waals surface area contributed by atoms with Crippen LogP contribution in [0.15, 0.2) is 16.7 Å². The minimum absolute atomic E-state index is 0.208. The minimum Gasteiger partial charge on any atom is -0.481 e. The molecule has 12 heavy (non-hydrogen) atoms. The third-order valence-electron chi connectivity index (χ3n) is 1.33. The van der Waals surface area contributed by atoms with Crippen molar-refractivity contribution in [3.8, 4) is 5.88 Å². The maximum Gasteiger partial charge on any atom is 0.494 e. The highest BCUT2D eigenvalue weighted by atomic mass is 79.9. The summed E-state index contributed by atoms with van der Waals surface area (Å²) in [5, 5.41) is 17.7. The molecular weight excluding hydrogens is 225 g/mol. The molecule has 6 heteroatoms. The lowest BCUT2D eigenvalue weighted by atomic mass is 9.81. The topological polar surface area (TPSA) is 62.6 Å². The van der Waals surface area contributed by atoms with Crippen LogP contribution in [-0.2, 0) is 0 Å². The Hall–Kier alpha value is -0.585. The number of halogens is 1. The van der Waals surface area contributed by atoms with Gasteiger partial charge in [0.05, 0.1) is 7.11 Å². The lowest BCUT2D eigenvalue weighted by Gasteiger charge is -2.05. The molecule has 0 aliphatic carbocycles. The van der Waals surface area contributed by atoms with Crippen LogP contribution in [0, 0.1) is 0 Å². The first-order chi connectivity index (χ1) is 5.65. The second-order valence-electron chi connectivity index (χ2n) is 2.11. The Morgan fingerprint density at radius 1 is 1.50 bits per heavy atom. The van der Waals surface area contributed by atoms with Gasteiger partial charge in [-0.2, -0.15) is 0 Å². The SMILES string of the molecule is COc1nc(Br)ccc1B(O)O. The van der Waals surface area contributed by atoms with Gasteiger partial charge in [-0.3, -0.25) is 0 Å². The molecule has 0 unspecified atom stereocenters. The first-order valence-corrected chi connectivity index (χ1v) is 4.01. The van der Waals surface area contributed by atoms with Crippen molar-refractivity contribution in [3.05, 3.63) is 16.7 Å². The summed E-state index contributed by atoms with van der Waals surface area (Å²) in [6, 6.07) is 3.14. The molecule has 64 valence electrons. The Morgan fingerprint density at radius 2 is 2.17 bits per heavy atom. The van der Waals surface area contributed by atoms with Crippen molar-refractivity contribution in [3.63, 3.8) is 0 Å². The molecule has 0 radical (unpaired) electrons.